The van der Waals surface area contributed by atoms with Crippen LogP contribution < -0.4 is 10.6 Å². The Bertz CT molecular complexity index is 74.6. The van der Waals surface area contributed by atoms with E-state index in [1.54, 1.807) is 0 Å². The van der Waals surface area contributed by atoms with Gasteiger partial charge >= 0.3 is 0 Å². The molecule has 0 aliphatic carbocycles. The maximum Gasteiger partial charge on any atom is 0.0783 e. The van der Waals surface area contributed by atoms with Crippen LogP contribution in [-0.4, -0.2) is 20.3 Å². The van der Waals surface area contributed by atoms with E-state index in [0.717, 1.165) is 5.57 Å². The fourth-order valence-electron chi connectivity index (χ4n) is 0.637. The highest BCUT2D eigenvalue weighted by atomic mass is 15.1. The highest BCUT2D eigenvalue weighted by molar-refractivity contribution is 4.98. The summed E-state index contributed by atoms with van der Waals surface area (Å²) in [6.07, 6.45) is 0.259. The van der Waals surface area contributed by atoms with Gasteiger partial charge in [0.2, 0.25) is 0 Å². The summed E-state index contributed by atoms with van der Waals surface area (Å²) in [5, 5.41) is 6.08. The largest absolute Gasteiger partial charge is 0.302 e. The summed E-state index contributed by atoms with van der Waals surface area (Å²) < 4.78 is 0. The van der Waals surface area contributed by atoms with Crippen LogP contribution in [0.25, 0.3) is 0 Å². The number of likely N-dealkylation sites (N-methyl/N-ethyl adjacent to an activating group) is 2. The molecular weight excluding hydrogens is 100 g/mol. The van der Waals surface area contributed by atoms with Crippen LogP contribution in [0.1, 0.15) is 6.92 Å². The zero-order chi connectivity index (χ0) is 6.57. The van der Waals surface area contributed by atoms with E-state index >= 15 is 0 Å². The van der Waals surface area contributed by atoms with Gasteiger partial charge in [-0.15, -0.1) is 0 Å². The molecule has 0 aliphatic heterocycles. The van der Waals surface area contributed by atoms with Crippen molar-refractivity contribution < 1.29 is 0 Å². The molecule has 0 aromatic heterocycles. The molecule has 0 bridgehead atoms. The Morgan fingerprint density at radius 1 is 1.38 bits per heavy atom. The van der Waals surface area contributed by atoms with Crippen molar-refractivity contribution in [2.24, 2.45) is 0 Å². The van der Waals surface area contributed by atoms with Gasteiger partial charge in [-0.2, -0.15) is 0 Å². The van der Waals surface area contributed by atoms with Gasteiger partial charge in [-0.3, -0.25) is 0 Å². The molecule has 0 aromatic rings. The summed E-state index contributed by atoms with van der Waals surface area (Å²) in [5.41, 5.74) is 1.11. The first-order chi connectivity index (χ1) is 3.72. The van der Waals surface area contributed by atoms with Crippen molar-refractivity contribution in [3.05, 3.63) is 12.2 Å². The Labute approximate surface area is 51.0 Å². The van der Waals surface area contributed by atoms with E-state index in [-0.39, 0.29) is 6.17 Å². The molecule has 0 heterocycles. The summed E-state index contributed by atoms with van der Waals surface area (Å²) in [6.45, 7) is 5.76. The molecular formula is C6H14N2. The van der Waals surface area contributed by atoms with Gasteiger partial charge in [0.15, 0.2) is 0 Å². The molecule has 0 spiro atoms. The SMILES string of the molecule is C=C(C)C(NC)NC. The van der Waals surface area contributed by atoms with Crippen molar-refractivity contribution in [2.45, 2.75) is 13.1 Å². The van der Waals surface area contributed by atoms with Gasteiger partial charge in [0.1, 0.15) is 0 Å². The van der Waals surface area contributed by atoms with Crippen LogP contribution in [0.15, 0.2) is 12.2 Å². The molecule has 0 aliphatic rings. The number of hydrogen-bond acceptors (Lipinski definition) is 2. The molecule has 0 atom stereocenters. The lowest BCUT2D eigenvalue weighted by Crippen LogP contribution is -2.38. The van der Waals surface area contributed by atoms with Crippen LogP contribution in [0.4, 0.5) is 0 Å². The van der Waals surface area contributed by atoms with Gasteiger partial charge in [-0.25, -0.2) is 0 Å². The van der Waals surface area contributed by atoms with Crippen LogP contribution in [0, 0.1) is 0 Å². The van der Waals surface area contributed by atoms with Gasteiger partial charge in [0, 0.05) is 0 Å². The van der Waals surface area contributed by atoms with Crippen molar-refractivity contribution in [1.29, 1.82) is 0 Å². The van der Waals surface area contributed by atoms with E-state index < -0.39 is 0 Å². The van der Waals surface area contributed by atoms with E-state index in [4.69, 9.17) is 0 Å². The Balaban J connectivity index is 3.52. The predicted molar refractivity (Wildman–Crippen MR) is 36.7 cm³/mol. The minimum Gasteiger partial charge on any atom is -0.302 e. The lowest BCUT2D eigenvalue weighted by atomic mass is 10.3. The standard InChI is InChI=1S/C6H14N2/c1-5(2)6(7-3)8-4/h6-8H,1H2,2-4H3. The van der Waals surface area contributed by atoms with Crippen LogP contribution in [0.5, 0.6) is 0 Å². The van der Waals surface area contributed by atoms with Crippen LogP contribution in [0.3, 0.4) is 0 Å². The third-order valence-electron chi connectivity index (χ3n) is 1.07. The molecule has 2 nitrogen and oxygen atoms in total. The molecule has 0 saturated carbocycles. The number of hydrogen-bond donors (Lipinski definition) is 2. The quantitative estimate of drug-likeness (QED) is 0.408. The zero-order valence-corrected chi connectivity index (χ0v) is 5.78. The topological polar surface area (TPSA) is 24.1 Å². The minimum atomic E-state index is 0.259. The highest BCUT2D eigenvalue weighted by Gasteiger charge is 1.98. The average Bonchev–Trinajstić information content (AvgIpc) is 1.69. The third kappa shape index (κ3) is 2.09. The van der Waals surface area contributed by atoms with Crippen molar-refractivity contribution in [1.82, 2.24) is 10.6 Å². The number of nitrogens with one attached hydrogen (secondary N) is 2. The first-order valence-corrected chi connectivity index (χ1v) is 2.72. The van der Waals surface area contributed by atoms with Gasteiger partial charge in [0.25, 0.3) is 0 Å². The van der Waals surface area contributed by atoms with E-state index in [1.807, 2.05) is 21.0 Å². The first kappa shape index (κ1) is 7.66. The van der Waals surface area contributed by atoms with Gasteiger partial charge < -0.3 is 10.6 Å². The monoisotopic (exact) mass is 114 g/mol. The molecule has 0 unspecified atom stereocenters. The Hall–Kier alpha value is -0.340. The Morgan fingerprint density at radius 3 is 1.75 bits per heavy atom. The van der Waals surface area contributed by atoms with Gasteiger partial charge in [0.05, 0.1) is 6.17 Å². The van der Waals surface area contributed by atoms with E-state index in [2.05, 4.69) is 17.2 Å². The zero-order valence-electron chi connectivity index (χ0n) is 5.78. The Morgan fingerprint density at radius 2 is 1.75 bits per heavy atom. The fraction of sp³-hybridized carbons (Fsp3) is 0.667. The minimum absolute atomic E-state index is 0.259. The predicted octanol–water partition coefficient (Wildman–Crippen LogP) is 0.327. The lowest BCUT2D eigenvalue weighted by Gasteiger charge is -2.13. The van der Waals surface area contributed by atoms with Crippen molar-refractivity contribution in [3.8, 4) is 0 Å². The summed E-state index contributed by atoms with van der Waals surface area (Å²) in [5.74, 6) is 0. The van der Waals surface area contributed by atoms with Crippen LogP contribution >= 0.6 is 0 Å². The second-order valence-corrected chi connectivity index (χ2v) is 1.86. The average molecular weight is 114 g/mol. The Kier molecular flexibility index (Phi) is 3.48. The normalized spacial score (nSPS) is 10.0. The molecule has 0 amide bonds. The van der Waals surface area contributed by atoms with Gasteiger partial charge in [-0.05, 0) is 26.6 Å². The lowest BCUT2D eigenvalue weighted by molar-refractivity contribution is 0.562. The highest BCUT2D eigenvalue weighted by Crippen LogP contribution is 1.89. The van der Waals surface area contributed by atoms with Crippen LogP contribution in [0.2, 0.25) is 0 Å². The van der Waals surface area contributed by atoms with Gasteiger partial charge in [-0.1, -0.05) is 6.58 Å². The third-order valence-corrected chi connectivity index (χ3v) is 1.07. The molecule has 0 radical (unpaired) electrons. The van der Waals surface area contributed by atoms with Crippen molar-refractivity contribution in [3.63, 3.8) is 0 Å². The molecule has 0 aromatic carbocycles. The fourth-order valence-corrected chi connectivity index (χ4v) is 0.637. The summed E-state index contributed by atoms with van der Waals surface area (Å²) in [6, 6.07) is 0. The molecule has 0 rings (SSSR count). The summed E-state index contributed by atoms with van der Waals surface area (Å²) in [7, 11) is 3.80. The molecule has 0 saturated heterocycles. The molecule has 48 valence electrons. The molecule has 2 N–H and O–H groups in total. The molecule has 0 fully saturated rings. The molecule has 2 heteroatoms. The van der Waals surface area contributed by atoms with Crippen LogP contribution in [-0.2, 0) is 0 Å². The number of rotatable bonds is 3. The maximum atomic E-state index is 3.77. The smallest absolute Gasteiger partial charge is 0.0783 e. The first-order valence-electron chi connectivity index (χ1n) is 2.72. The van der Waals surface area contributed by atoms with E-state index in [1.165, 1.54) is 0 Å². The van der Waals surface area contributed by atoms with Crippen molar-refractivity contribution >= 4 is 0 Å². The van der Waals surface area contributed by atoms with Crippen molar-refractivity contribution in [2.75, 3.05) is 14.1 Å². The molecule has 8 heavy (non-hydrogen) atoms. The second kappa shape index (κ2) is 3.64. The summed E-state index contributed by atoms with van der Waals surface area (Å²) >= 11 is 0. The van der Waals surface area contributed by atoms with E-state index in [0.29, 0.717) is 0 Å². The second-order valence-electron chi connectivity index (χ2n) is 1.86. The van der Waals surface area contributed by atoms with E-state index in [9.17, 15) is 0 Å². The maximum absolute atomic E-state index is 3.77. The summed E-state index contributed by atoms with van der Waals surface area (Å²) in [4.78, 5) is 0.